The lowest BCUT2D eigenvalue weighted by Gasteiger charge is -2.16. The summed E-state index contributed by atoms with van der Waals surface area (Å²) in [5.41, 5.74) is 3.05. The van der Waals surface area contributed by atoms with Crippen LogP contribution in [0.5, 0.6) is 0 Å². The normalized spacial score (nSPS) is 12.9. The topological polar surface area (TPSA) is 23.9 Å². The summed E-state index contributed by atoms with van der Waals surface area (Å²) in [4.78, 5) is 0. The fourth-order valence-electron chi connectivity index (χ4n) is 1.33. The molecular formula is C13H19N. The summed E-state index contributed by atoms with van der Waals surface area (Å²) >= 11 is 0. The summed E-state index contributed by atoms with van der Waals surface area (Å²) in [5, 5.41) is 8.04. The SMILES string of the molecule is Cc1ccc(C(=N)C(C)C(C)C)cc1. The maximum Gasteiger partial charge on any atom is 0.0416 e. The summed E-state index contributed by atoms with van der Waals surface area (Å²) in [6, 6.07) is 8.21. The zero-order valence-electron chi connectivity index (χ0n) is 9.46. The molecule has 0 saturated carbocycles. The molecule has 0 radical (unpaired) electrons. The van der Waals surface area contributed by atoms with E-state index < -0.39 is 0 Å². The highest BCUT2D eigenvalue weighted by atomic mass is 14.4. The molecule has 0 heterocycles. The van der Waals surface area contributed by atoms with E-state index >= 15 is 0 Å². The molecule has 1 rings (SSSR count). The van der Waals surface area contributed by atoms with Crippen LogP contribution in [-0.2, 0) is 0 Å². The predicted molar refractivity (Wildman–Crippen MR) is 62.0 cm³/mol. The first-order valence-electron chi connectivity index (χ1n) is 5.18. The fourth-order valence-corrected chi connectivity index (χ4v) is 1.33. The molecule has 0 spiro atoms. The molecule has 0 bridgehead atoms. The molecular weight excluding hydrogens is 170 g/mol. The lowest BCUT2D eigenvalue weighted by Crippen LogP contribution is -2.16. The number of nitrogens with one attached hydrogen (secondary N) is 1. The minimum absolute atomic E-state index is 0.331. The highest BCUT2D eigenvalue weighted by Crippen LogP contribution is 2.16. The van der Waals surface area contributed by atoms with Crippen molar-refractivity contribution in [3.8, 4) is 0 Å². The Hall–Kier alpha value is -1.11. The second-order valence-electron chi connectivity index (χ2n) is 4.31. The van der Waals surface area contributed by atoms with Gasteiger partial charge in [0.15, 0.2) is 0 Å². The number of hydrogen-bond acceptors (Lipinski definition) is 1. The van der Waals surface area contributed by atoms with Gasteiger partial charge in [-0.3, -0.25) is 0 Å². The lowest BCUT2D eigenvalue weighted by molar-refractivity contribution is 0.531. The first-order valence-corrected chi connectivity index (χ1v) is 5.18. The zero-order chi connectivity index (χ0) is 10.7. The van der Waals surface area contributed by atoms with E-state index in [9.17, 15) is 0 Å². The van der Waals surface area contributed by atoms with Crippen LogP contribution in [0.1, 0.15) is 31.9 Å². The third-order valence-electron chi connectivity index (χ3n) is 2.82. The van der Waals surface area contributed by atoms with Gasteiger partial charge in [-0.15, -0.1) is 0 Å². The summed E-state index contributed by atoms with van der Waals surface area (Å²) in [6.45, 7) is 8.51. The van der Waals surface area contributed by atoms with Crippen molar-refractivity contribution in [2.45, 2.75) is 27.7 Å². The van der Waals surface area contributed by atoms with Crippen molar-refractivity contribution in [2.75, 3.05) is 0 Å². The Labute approximate surface area is 86.7 Å². The second kappa shape index (κ2) is 4.41. The highest BCUT2D eigenvalue weighted by Gasteiger charge is 2.14. The average Bonchev–Trinajstić information content (AvgIpc) is 2.16. The Morgan fingerprint density at radius 3 is 2.00 bits per heavy atom. The van der Waals surface area contributed by atoms with Gasteiger partial charge in [-0.05, 0) is 18.4 Å². The van der Waals surface area contributed by atoms with Gasteiger partial charge in [-0.1, -0.05) is 50.6 Å². The van der Waals surface area contributed by atoms with Gasteiger partial charge >= 0.3 is 0 Å². The molecule has 0 saturated heterocycles. The maximum absolute atomic E-state index is 8.04. The van der Waals surface area contributed by atoms with E-state index in [0.29, 0.717) is 11.8 Å². The fraction of sp³-hybridized carbons (Fsp3) is 0.462. The molecule has 1 nitrogen and oxygen atoms in total. The molecule has 0 aliphatic heterocycles. The molecule has 1 aromatic carbocycles. The smallest absolute Gasteiger partial charge is 0.0416 e. The molecule has 0 aliphatic carbocycles. The van der Waals surface area contributed by atoms with E-state index in [-0.39, 0.29) is 0 Å². The Kier molecular flexibility index (Phi) is 3.45. The molecule has 0 amide bonds. The Morgan fingerprint density at radius 2 is 1.57 bits per heavy atom. The maximum atomic E-state index is 8.04. The molecule has 1 unspecified atom stereocenters. The van der Waals surface area contributed by atoms with Gasteiger partial charge in [0.05, 0.1) is 0 Å². The molecule has 0 aliphatic rings. The lowest BCUT2D eigenvalue weighted by atomic mass is 9.89. The zero-order valence-corrected chi connectivity index (χ0v) is 9.46. The first kappa shape index (κ1) is 11.0. The van der Waals surface area contributed by atoms with Crippen molar-refractivity contribution in [3.05, 3.63) is 35.4 Å². The number of hydrogen-bond donors (Lipinski definition) is 1. The van der Waals surface area contributed by atoms with E-state index in [1.165, 1.54) is 5.56 Å². The summed E-state index contributed by atoms with van der Waals surface area (Å²) in [5.74, 6) is 0.863. The van der Waals surface area contributed by atoms with Crippen molar-refractivity contribution in [1.82, 2.24) is 0 Å². The van der Waals surface area contributed by atoms with Gasteiger partial charge in [-0.25, -0.2) is 0 Å². The standard InChI is InChI=1S/C13H19N/c1-9(2)11(4)13(14)12-7-5-10(3)6-8-12/h5-9,11,14H,1-4H3. The van der Waals surface area contributed by atoms with Crippen LogP contribution in [0.15, 0.2) is 24.3 Å². The van der Waals surface area contributed by atoms with Crippen molar-refractivity contribution in [1.29, 1.82) is 5.41 Å². The number of benzene rings is 1. The first-order chi connectivity index (χ1) is 6.52. The van der Waals surface area contributed by atoms with Gasteiger partial charge in [0.1, 0.15) is 0 Å². The van der Waals surface area contributed by atoms with Crippen molar-refractivity contribution >= 4 is 5.71 Å². The predicted octanol–water partition coefficient (Wildman–Crippen LogP) is 3.65. The summed E-state index contributed by atoms with van der Waals surface area (Å²) in [7, 11) is 0. The van der Waals surface area contributed by atoms with E-state index in [2.05, 4.69) is 39.8 Å². The van der Waals surface area contributed by atoms with Crippen LogP contribution in [0.2, 0.25) is 0 Å². The Bertz CT molecular complexity index is 309. The van der Waals surface area contributed by atoms with E-state index in [0.717, 1.165) is 11.3 Å². The van der Waals surface area contributed by atoms with E-state index in [1.54, 1.807) is 0 Å². The molecule has 1 atom stereocenters. The second-order valence-corrected chi connectivity index (χ2v) is 4.31. The van der Waals surface area contributed by atoms with Gasteiger partial charge in [-0.2, -0.15) is 0 Å². The minimum Gasteiger partial charge on any atom is -0.304 e. The van der Waals surface area contributed by atoms with E-state index in [4.69, 9.17) is 5.41 Å². The molecule has 1 aromatic rings. The van der Waals surface area contributed by atoms with Crippen LogP contribution >= 0.6 is 0 Å². The third-order valence-corrected chi connectivity index (χ3v) is 2.82. The Morgan fingerprint density at radius 1 is 1.07 bits per heavy atom. The third kappa shape index (κ3) is 2.44. The van der Waals surface area contributed by atoms with Gasteiger partial charge in [0.2, 0.25) is 0 Å². The molecule has 14 heavy (non-hydrogen) atoms. The Balaban J connectivity index is 2.84. The average molecular weight is 189 g/mol. The largest absolute Gasteiger partial charge is 0.304 e. The van der Waals surface area contributed by atoms with Crippen LogP contribution in [0.4, 0.5) is 0 Å². The van der Waals surface area contributed by atoms with Crippen LogP contribution in [0.25, 0.3) is 0 Å². The van der Waals surface area contributed by atoms with Crippen LogP contribution < -0.4 is 0 Å². The number of aryl methyl sites for hydroxylation is 1. The van der Waals surface area contributed by atoms with Crippen molar-refractivity contribution in [3.63, 3.8) is 0 Å². The van der Waals surface area contributed by atoms with Gasteiger partial charge in [0, 0.05) is 11.6 Å². The van der Waals surface area contributed by atoms with Gasteiger partial charge < -0.3 is 5.41 Å². The van der Waals surface area contributed by atoms with Crippen LogP contribution in [-0.4, -0.2) is 5.71 Å². The molecule has 0 aromatic heterocycles. The van der Waals surface area contributed by atoms with Crippen molar-refractivity contribution < 1.29 is 0 Å². The summed E-state index contributed by atoms with van der Waals surface area (Å²) < 4.78 is 0. The van der Waals surface area contributed by atoms with Crippen LogP contribution in [0, 0.1) is 24.2 Å². The number of rotatable bonds is 3. The summed E-state index contributed by atoms with van der Waals surface area (Å²) in [6.07, 6.45) is 0. The monoisotopic (exact) mass is 189 g/mol. The van der Waals surface area contributed by atoms with E-state index in [1.807, 2.05) is 12.1 Å². The van der Waals surface area contributed by atoms with Crippen LogP contribution in [0.3, 0.4) is 0 Å². The molecule has 76 valence electrons. The molecule has 1 N–H and O–H groups in total. The quantitative estimate of drug-likeness (QED) is 0.702. The van der Waals surface area contributed by atoms with Crippen molar-refractivity contribution in [2.24, 2.45) is 11.8 Å². The minimum atomic E-state index is 0.331. The molecule has 0 fully saturated rings. The molecule has 1 heteroatoms. The highest BCUT2D eigenvalue weighted by molar-refractivity contribution is 5.99. The van der Waals surface area contributed by atoms with Gasteiger partial charge in [0.25, 0.3) is 0 Å².